The number of carbonyl (C=O) groups is 1. The zero-order valence-corrected chi connectivity index (χ0v) is 14.0. The largest absolute Gasteiger partial charge is 0.416 e. The van der Waals surface area contributed by atoms with Gasteiger partial charge < -0.3 is 5.32 Å². The summed E-state index contributed by atoms with van der Waals surface area (Å²) < 4.78 is 37.7. The fraction of sp³-hybridized carbons (Fsp3) is 0.0588. The van der Waals surface area contributed by atoms with E-state index in [0.717, 1.165) is 23.9 Å². The first-order chi connectivity index (χ1) is 11.8. The van der Waals surface area contributed by atoms with E-state index in [1.54, 1.807) is 24.3 Å². The van der Waals surface area contributed by atoms with Crippen LogP contribution in [0.15, 0.2) is 58.4 Å². The molecule has 1 saturated heterocycles. The van der Waals surface area contributed by atoms with Gasteiger partial charge in [0.2, 0.25) is 0 Å². The number of hydrogen-bond acceptors (Lipinski definition) is 3. The Kier molecular flexibility index (Phi) is 4.87. The highest BCUT2D eigenvalue weighted by molar-refractivity contribution is 8.18. The molecule has 25 heavy (non-hydrogen) atoms. The third kappa shape index (κ3) is 4.24. The van der Waals surface area contributed by atoms with E-state index in [0.29, 0.717) is 26.3 Å². The van der Waals surface area contributed by atoms with Gasteiger partial charge in [0.1, 0.15) is 0 Å². The monoisotopic (exact) mass is 382 g/mol. The van der Waals surface area contributed by atoms with Crippen LogP contribution in [0.25, 0.3) is 6.08 Å². The van der Waals surface area contributed by atoms with Gasteiger partial charge in [-0.05, 0) is 47.7 Å². The molecule has 1 aliphatic rings. The maximum absolute atomic E-state index is 12.6. The van der Waals surface area contributed by atoms with Crippen molar-refractivity contribution in [1.29, 1.82) is 0 Å². The van der Waals surface area contributed by atoms with Crippen molar-refractivity contribution in [3.05, 3.63) is 69.6 Å². The van der Waals surface area contributed by atoms with Crippen molar-refractivity contribution >= 4 is 46.2 Å². The number of thioether (sulfide) groups is 1. The average Bonchev–Trinajstić information content (AvgIpc) is 2.89. The number of halogens is 4. The highest BCUT2D eigenvalue weighted by Gasteiger charge is 2.30. The van der Waals surface area contributed by atoms with Crippen LogP contribution in [0.5, 0.6) is 0 Å². The molecule has 0 aliphatic carbocycles. The number of benzene rings is 2. The highest BCUT2D eigenvalue weighted by atomic mass is 35.5. The Bertz CT molecular complexity index is 876. The van der Waals surface area contributed by atoms with E-state index in [2.05, 4.69) is 10.3 Å². The molecule has 0 saturated carbocycles. The molecule has 2 aromatic rings. The van der Waals surface area contributed by atoms with E-state index in [9.17, 15) is 18.0 Å². The van der Waals surface area contributed by atoms with Crippen molar-refractivity contribution in [2.24, 2.45) is 4.99 Å². The van der Waals surface area contributed by atoms with Crippen LogP contribution in [-0.2, 0) is 11.0 Å². The SMILES string of the molecule is O=C1NC(=Nc2ccccc2Cl)S/C1=C/c1ccc(C(F)(F)F)cc1. The molecule has 1 amide bonds. The highest BCUT2D eigenvalue weighted by Crippen LogP contribution is 2.32. The standard InChI is InChI=1S/C17H10ClF3N2OS/c18-12-3-1-2-4-13(12)22-16-23-15(24)14(25-16)9-10-5-7-11(8-6-10)17(19,20)21/h1-9H,(H,22,23,24)/b14-9+. The fourth-order valence-electron chi connectivity index (χ4n) is 2.05. The quantitative estimate of drug-likeness (QED) is 0.721. The van der Waals surface area contributed by atoms with Crippen molar-refractivity contribution in [1.82, 2.24) is 5.32 Å². The molecule has 3 rings (SSSR count). The van der Waals surface area contributed by atoms with Gasteiger partial charge in [-0.15, -0.1) is 0 Å². The fourth-order valence-corrected chi connectivity index (χ4v) is 3.06. The second-order valence-electron chi connectivity index (χ2n) is 5.05. The van der Waals surface area contributed by atoms with Crippen molar-refractivity contribution in [3.63, 3.8) is 0 Å². The molecule has 1 heterocycles. The normalized spacial score (nSPS) is 18.0. The lowest BCUT2D eigenvalue weighted by Gasteiger charge is -2.06. The number of amidine groups is 1. The number of nitrogens with zero attached hydrogens (tertiary/aromatic N) is 1. The lowest BCUT2D eigenvalue weighted by Crippen LogP contribution is -2.19. The van der Waals surface area contributed by atoms with Crippen LogP contribution < -0.4 is 5.32 Å². The van der Waals surface area contributed by atoms with Crippen LogP contribution >= 0.6 is 23.4 Å². The Balaban J connectivity index is 1.81. The smallest absolute Gasteiger partial charge is 0.300 e. The zero-order valence-electron chi connectivity index (χ0n) is 12.5. The van der Waals surface area contributed by atoms with Gasteiger partial charge in [-0.25, -0.2) is 4.99 Å². The molecule has 0 atom stereocenters. The summed E-state index contributed by atoms with van der Waals surface area (Å²) in [4.78, 5) is 16.6. The molecule has 0 spiro atoms. The van der Waals surface area contributed by atoms with Gasteiger partial charge in [0.15, 0.2) is 5.17 Å². The summed E-state index contributed by atoms with van der Waals surface area (Å²) in [6.07, 6.45) is -2.88. The lowest BCUT2D eigenvalue weighted by molar-refractivity contribution is -0.137. The number of aliphatic imine (C=N–C) groups is 1. The second kappa shape index (κ2) is 6.93. The summed E-state index contributed by atoms with van der Waals surface area (Å²) in [5, 5.41) is 3.41. The average molecular weight is 383 g/mol. The summed E-state index contributed by atoms with van der Waals surface area (Å²) >= 11 is 7.12. The summed E-state index contributed by atoms with van der Waals surface area (Å²) in [6.45, 7) is 0. The van der Waals surface area contributed by atoms with Gasteiger partial charge in [-0.1, -0.05) is 35.9 Å². The molecule has 1 aliphatic heterocycles. The van der Waals surface area contributed by atoms with Gasteiger partial charge in [0.25, 0.3) is 5.91 Å². The molecule has 0 radical (unpaired) electrons. The first kappa shape index (κ1) is 17.6. The van der Waals surface area contributed by atoms with E-state index >= 15 is 0 Å². The van der Waals surface area contributed by atoms with Gasteiger partial charge in [-0.2, -0.15) is 13.2 Å². The summed E-state index contributed by atoms with van der Waals surface area (Å²) in [7, 11) is 0. The van der Waals surface area contributed by atoms with Crippen molar-refractivity contribution < 1.29 is 18.0 Å². The molecule has 8 heteroatoms. The Labute approximate surface area is 150 Å². The van der Waals surface area contributed by atoms with Crippen molar-refractivity contribution in [3.8, 4) is 0 Å². The van der Waals surface area contributed by atoms with E-state index in [1.165, 1.54) is 18.2 Å². The Hall–Kier alpha value is -2.25. The molecule has 0 bridgehead atoms. The van der Waals surface area contributed by atoms with Crippen LogP contribution in [-0.4, -0.2) is 11.1 Å². The predicted molar refractivity (Wildman–Crippen MR) is 93.7 cm³/mol. The van der Waals surface area contributed by atoms with Crippen LogP contribution in [0, 0.1) is 0 Å². The first-order valence-electron chi connectivity index (χ1n) is 7.04. The maximum Gasteiger partial charge on any atom is 0.416 e. The van der Waals surface area contributed by atoms with Crippen LogP contribution in [0.2, 0.25) is 5.02 Å². The first-order valence-corrected chi connectivity index (χ1v) is 8.24. The number of alkyl halides is 3. The van der Waals surface area contributed by atoms with Gasteiger partial charge in [0.05, 0.1) is 21.2 Å². The van der Waals surface area contributed by atoms with E-state index in [1.807, 2.05) is 0 Å². The second-order valence-corrected chi connectivity index (χ2v) is 6.49. The number of rotatable bonds is 2. The van der Waals surface area contributed by atoms with Crippen LogP contribution in [0.1, 0.15) is 11.1 Å². The topological polar surface area (TPSA) is 41.5 Å². The number of para-hydroxylation sites is 1. The molecular formula is C17H10ClF3N2OS. The molecule has 128 valence electrons. The van der Waals surface area contributed by atoms with E-state index in [4.69, 9.17) is 11.6 Å². The predicted octanol–water partition coefficient (Wildman–Crippen LogP) is 5.25. The van der Waals surface area contributed by atoms with Gasteiger partial charge in [0, 0.05) is 0 Å². The Morgan fingerprint density at radius 1 is 1.08 bits per heavy atom. The van der Waals surface area contributed by atoms with Crippen molar-refractivity contribution in [2.75, 3.05) is 0 Å². The third-order valence-electron chi connectivity index (χ3n) is 3.26. The lowest BCUT2D eigenvalue weighted by atomic mass is 10.1. The van der Waals surface area contributed by atoms with Crippen LogP contribution in [0.4, 0.5) is 18.9 Å². The number of nitrogens with one attached hydrogen (secondary N) is 1. The van der Waals surface area contributed by atoms with E-state index < -0.39 is 11.7 Å². The molecular weight excluding hydrogens is 373 g/mol. The van der Waals surface area contributed by atoms with Crippen molar-refractivity contribution in [2.45, 2.75) is 6.18 Å². The molecule has 2 aromatic carbocycles. The zero-order chi connectivity index (χ0) is 18.0. The minimum absolute atomic E-state index is 0.338. The molecule has 1 N–H and O–H groups in total. The summed E-state index contributed by atoms with van der Waals surface area (Å²) in [5.41, 5.74) is 0.270. The number of carbonyl (C=O) groups excluding carboxylic acids is 1. The maximum atomic E-state index is 12.6. The van der Waals surface area contributed by atoms with Gasteiger partial charge in [-0.3, -0.25) is 4.79 Å². The third-order valence-corrected chi connectivity index (χ3v) is 4.49. The minimum Gasteiger partial charge on any atom is -0.300 e. The molecule has 1 fully saturated rings. The number of amides is 1. The number of hydrogen-bond donors (Lipinski definition) is 1. The molecule has 0 unspecified atom stereocenters. The molecule has 0 aromatic heterocycles. The van der Waals surface area contributed by atoms with E-state index in [-0.39, 0.29) is 5.91 Å². The Morgan fingerprint density at radius 3 is 2.40 bits per heavy atom. The van der Waals surface area contributed by atoms with Gasteiger partial charge >= 0.3 is 6.18 Å². The minimum atomic E-state index is -4.39. The Morgan fingerprint density at radius 2 is 1.76 bits per heavy atom. The summed E-state index contributed by atoms with van der Waals surface area (Å²) in [5.74, 6) is -0.365. The molecule has 3 nitrogen and oxygen atoms in total. The summed E-state index contributed by atoms with van der Waals surface area (Å²) in [6, 6.07) is 11.5. The van der Waals surface area contributed by atoms with Crippen LogP contribution in [0.3, 0.4) is 0 Å².